The molecule has 2 aromatic heterocycles. The van der Waals surface area contributed by atoms with Crippen LogP contribution in [0, 0.1) is 11.8 Å². The molecule has 1 aliphatic rings. The van der Waals surface area contributed by atoms with Gasteiger partial charge in [-0.1, -0.05) is 0 Å². The second-order valence-electron chi connectivity index (χ2n) is 8.95. The van der Waals surface area contributed by atoms with Gasteiger partial charge in [0.25, 0.3) is 0 Å². The number of carbonyl (C=O) groups is 1. The first-order valence-corrected chi connectivity index (χ1v) is 13.0. The van der Waals surface area contributed by atoms with Crippen molar-refractivity contribution in [2.45, 2.75) is 36.7 Å². The van der Waals surface area contributed by atoms with Gasteiger partial charge < -0.3 is 19.8 Å². The van der Waals surface area contributed by atoms with Crippen molar-refractivity contribution in [3.8, 4) is 5.75 Å². The molecule has 8 nitrogen and oxygen atoms in total. The molecule has 0 radical (unpaired) electrons. The number of nitrogens with zero attached hydrogens (tertiary/aromatic N) is 4. The molecule has 3 aromatic rings. The Labute approximate surface area is 209 Å². The maximum Gasteiger partial charge on any atom is 0.308 e. The van der Waals surface area contributed by atoms with Gasteiger partial charge >= 0.3 is 5.97 Å². The number of benzene rings is 1. The minimum atomic E-state index is -0.746. The molecule has 0 amide bonds. The van der Waals surface area contributed by atoms with Gasteiger partial charge in [-0.25, -0.2) is 9.97 Å². The van der Waals surface area contributed by atoms with Gasteiger partial charge in [-0.3, -0.25) is 9.78 Å². The molecule has 0 spiro atoms. The van der Waals surface area contributed by atoms with E-state index in [1.165, 1.54) is 6.33 Å². The van der Waals surface area contributed by atoms with Crippen molar-refractivity contribution in [2.24, 2.45) is 11.8 Å². The Morgan fingerprint density at radius 1 is 1.29 bits per heavy atom. The summed E-state index contributed by atoms with van der Waals surface area (Å²) in [7, 11) is 1.61. The Hall–Kier alpha value is -2.75. The predicted molar refractivity (Wildman–Crippen MR) is 136 cm³/mol. The van der Waals surface area contributed by atoms with E-state index in [-0.39, 0.29) is 5.92 Å². The van der Waals surface area contributed by atoms with E-state index < -0.39 is 18.0 Å². The summed E-state index contributed by atoms with van der Waals surface area (Å²) in [6, 6.07) is 7.46. The largest absolute Gasteiger partial charge is 0.497 e. The third-order valence-electron chi connectivity index (χ3n) is 6.73. The lowest BCUT2D eigenvalue weighted by molar-refractivity contribution is -0.146. The standard InChI is InChI=1S/C26H32N4O4S/c1-34-19-4-5-24-22(13-19)21(7-9-29-24)25(31)6-3-18-8-11-30(16-23(18)26(32)33)10-2-12-35-20-14-27-17-28-15-20/h4-5,7,9,13-15,17-18,23,25,31H,2-3,6,8,10-12,16H2,1H3,(H,32,33)/t18-,23+,25?/m1/s1. The normalized spacial score (nSPS) is 19.5. The third kappa shape index (κ3) is 6.68. The molecule has 1 unspecified atom stereocenters. The molecule has 3 heterocycles. The smallest absolute Gasteiger partial charge is 0.308 e. The quantitative estimate of drug-likeness (QED) is 0.300. The summed E-state index contributed by atoms with van der Waals surface area (Å²) in [5, 5.41) is 21.8. The third-order valence-corrected chi connectivity index (χ3v) is 7.77. The maximum absolute atomic E-state index is 12.1. The second-order valence-corrected chi connectivity index (χ2v) is 10.1. The minimum absolute atomic E-state index is 0.0527. The highest BCUT2D eigenvalue weighted by Gasteiger charge is 2.34. The summed E-state index contributed by atoms with van der Waals surface area (Å²) in [5.74, 6) is 0.552. The molecule has 186 valence electrons. The zero-order valence-electron chi connectivity index (χ0n) is 19.9. The van der Waals surface area contributed by atoms with Gasteiger partial charge in [0.15, 0.2) is 0 Å². The molecule has 0 aliphatic carbocycles. The maximum atomic E-state index is 12.1. The van der Waals surface area contributed by atoms with Crippen molar-refractivity contribution in [2.75, 3.05) is 32.5 Å². The number of pyridine rings is 1. The Bertz CT molecular complexity index is 1120. The van der Waals surface area contributed by atoms with Crippen LogP contribution in [-0.4, -0.2) is 68.5 Å². The molecule has 4 rings (SSSR count). The molecular weight excluding hydrogens is 464 g/mol. The number of likely N-dealkylation sites (tertiary alicyclic amines) is 1. The first kappa shape index (κ1) is 25.3. The molecule has 0 bridgehead atoms. The molecular formula is C26H32N4O4S. The van der Waals surface area contributed by atoms with Crippen molar-refractivity contribution in [1.82, 2.24) is 19.9 Å². The van der Waals surface area contributed by atoms with Crippen LogP contribution in [0.3, 0.4) is 0 Å². The van der Waals surface area contributed by atoms with Crippen LogP contribution in [0.4, 0.5) is 0 Å². The Morgan fingerprint density at radius 3 is 2.89 bits per heavy atom. The lowest BCUT2D eigenvalue weighted by Crippen LogP contribution is -2.44. The van der Waals surface area contributed by atoms with Crippen molar-refractivity contribution in [3.63, 3.8) is 0 Å². The molecule has 3 atom stereocenters. The van der Waals surface area contributed by atoms with Gasteiger partial charge in [0.2, 0.25) is 0 Å². The summed E-state index contributed by atoms with van der Waals surface area (Å²) < 4.78 is 5.33. The summed E-state index contributed by atoms with van der Waals surface area (Å²) in [6.07, 6.45) is 9.16. The van der Waals surface area contributed by atoms with Gasteiger partial charge in [0, 0.05) is 35.4 Å². The SMILES string of the molecule is COc1ccc2nccc(C(O)CC[C@@H]3CCN(CCCSc4cncnc4)C[C@@H]3C(=O)O)c2c1. The zero-order chi connectivity index (χ0) is 24.6. The van der Waals surface area contributed by atoms with Crippen molar-refractivity contribution in [3.05, 3.63) is 54.7 Å². The fraction of sp³-hybridized carbons (Fsp3) is 0.462. The highest BCUT2D eigenvalue weighted by molar-refractivity contribution is 7.99. The molecule has 9 heteroatoms. The van der Waals surface area contributed by atoms with Crippen LogP contribution in [0.2, 0.25) is 0 Å². The summed E-state index contributed by atoms with van der Waals surface area (Å²) in [4.78, 5) is 27.8. The van der Waals surface area contributed by atoms with Crippen LogP contribution in [0.25, 0.3) is 10.9 Å². The van der Waals surface area contributed by atoms with Crippen molar-refractivity contribution in [1.29, 1.82) is 0 Å². The first-order chi connectivity index (χ1) is 17.0. The number of methoxy groups -OCH3 is 1. The average molecular weight is 497 g/mol. The molecule has 1 saturated heterocycles. The Morgan fingerprint density at radius 2 is 2.11 bits per heavy atom. The predicted octanol–water partition coefficient (Wildman–Crippen LogP) is 4.05. The number of aliphatic hydroxyl groups excluding tert-OH is 1. The number of carboxylic acid groups (broad SMARTS) is 1. The molecule has 1 fully saturated rings. The van der Waals surface area contributed by atoms with E-state index in [0.29, 0.717) is 25.1 Å². The average Bonchev–Trinajstić information content (AvgIpc) is 2.89. The number of piperidine rings is 1. The summed E-state index contributed by atoms with van der Waals surface area (Å²) in [5.41, 5.74) is 1.61. The van der Waals surface area contributed by atoms with E-state index in [4.69, 9.17) is 4.74 Å². The van der Waals surface area contributed by atoms with E-state index >= 15 is 0 Å². The number of aromatic nitrogens is 3. The van der Waals surface area contributed by atoms with Crippen LogP contribution in [0.5, 0.6) is 5.75 Å². The number of thioether (sulfide) groups is 1. The van der Waals surface area contributed by atoms with Gasteiger partial charge in [-0.2, -0.15) is 0 Å². The Kier molecular flexibility index (Phi) is 8.90. The minimum Gasteiger partial charge on any atom is -0.497 e. The highest BCUT2D eigenvalue weighted by Crippen LogP contribution is 2.34. The zero-order valence-corrected chi connectivity index (χ0v) is 20.7. The summed E-state index contributed by atoms with van der Waals surface area (Å²) in [6.45, 7) is 2.33. The number of aliphatic hydroxyl groups is 1. The lowest BCUT2D eigenvalue weighted by Gasteiger charge is -2.37. The van der Waals surface area contributed by atoms with Crippen LogP contribution in [0.15, 0.2) is 54.1 Å². The monoisotopic (exact) mass is 496 g/mol. The van der Waals surface area contributed by atoms with Gasteiger partial charge in [0.05, 0.1) is 24.6 Å². The van der Waals surface area contributed by atoms with Crippen molar-refractivity contribution < 1.29 is 19.7 Å². The van der Waals surface area contributed by atoms with Crippen LogP contribution in [-0.2, 0) is 4.79 Å². The molecule has 0 saturated carbocycles. The number of carboxylic acids is 1. The number of hydrogen-bond donors (Lipinski definition) is 2. The number of aliphatic carboxylic acids is 1. The van der Waals surface area contributed by atoms with Gasteiger partial charge in [-0.05, 0) is 80.3 Å². The lowest BCUT2D eigenvalue weighted by atomic mass is 9.81. The van der Waals surface area contributed by atoms with E-state index in [0.717, 1.165) is 53.0 Å². The van der Waals surface area contributed by atoms with Crippen LogP contribution < -0.4 is 4.74 Å². The first-order valence-electron chi connectivity index (χ1n) is 12.0. The number of ether oxygens (including phenoxy) is 1. The fourth-order valence-corrected chi connectivity index (χ4v) is 5.61. The molecule has 1 aromatic carbocycles. The van der Waals surface area contributed by atoms with Gasteiger partial charge in [0.1, 0.15) is 12.1 Å². The van der Waals surface area contributed by atoms with E-state index in [9.17, 15) is 15.0 Å². The van der Waals surface area contributed by atoms with E-state index in [2.05, 4.69) is 19.9 Å². The highest BCUT2D eigenvalue weighted by atomic mass is 32.2. The number of hydrogen-bond acceptors (Lipinski definition) is 8. The number of fused-ring (bicyclic) bond motifs is 1. The van der Waals surface area contributed by atoms with Crippen LogP contribution in [0.1, 0.15) is 37.4 Å². The van der Waals surface area contributed by atoms with Crippen LogP contribution >= 0.6 is 11.8 Å². The van der Waals surface area contributed by atoms with Gasteiger partial charge in [-0.15, -0.1) is 11.8 Å². The molecule has 1 aliphatic heterocycles. The van der Waals surface area contributed by atoms with E-state index in [1.54, 1.807) is 25.1 Å². The second kappa shape index (κ2) is 12.3. The number of rotatable bonds is 11. The topological polar surface area (TPSA) is 109 Å². The molecule has 35 heavy (non-hydrogen) atoms. The fourth-order valence-electron chi connectivity index (χ4n) is 4.83. The molecule has 2 N–H and O–H groups in total. The van der Waals surface area contributed by atoms with E-state index in [1.807, 2.05) is 36.7 Å². The summed E-state index contributed by atoms with van der Waals surface area (Å²) >= 11 is 1.72. The van der Waals surface area contributed by atoms with Crippen molar-refractivity contribution >= 4 is 28.6 Å². The Balaban J connectivity index is 1.30.